The van der Waals surface area contributed by atoms with E-state index >= 15 is 0 Å². The van der Waals surface area contributed by atoms with Crippen LogP contribution in [-0.2, 0) is 14.3 Å². The third kappa shape index (κ3) is 7.71. The first-order valence-electron chi connectivity index (χ1n) is 4.80. The van der Waals surface area contributed by atoms with Gasteiger partial charge < -0.3 is 15.2 Å². The first kappa shape index (κ1) is 14.8. The lowest BCUT2D eigenvalue weighted by atomic mass is 10.2. The Hall–Kier alpha value is -2.18. The van der Waals surface area contributed by atoms with Crippen LogP contribution in [0.3, 0.4) is 0 Å². The molecule has 0 aromatic heterocycles. The Balaban J connectivity index is 3.69. The van der Waals surface area contributed by atoms with Crippen LogP contribution < -0.4 is 5.32 Å². The monoisotopic (exact) mass is 242 g/mol. The van der Waals surface area contributed by atoms with Crippen molar-refractivity contribution in [1.82, 2.24) is 5.32 Å². The molecule has 0 aromatic carbocycles. The highest BCUT2D eigenvalue weighted by Crippen LogP contribution is 1.99. The molecule has 0 bridgehead atoms. The topological polar surface area (TPSA) is 105 Å². The summed E-state index contributed by atoms with van der Waals surface area (Å²) >= 11 is 0. The number of carboxylic acids is 1. The largest absolute Gasteiger partial charge is 0.478 e. The van der Waals surface area contributed by atoms with Gasteiger partial charge in [-0.3, -0.25) is 4.79 Å². The van der Waals surface area contributed by atoms with Crippen LogP contribution in [0.5, 0.6) is 0 Å². The molecule has 0 fully saturated rings. The Bertz CT molecular complexity index is 349. The van der Waals surface area contributed by atoms with Gasteiger partial charge in [0.05, 0.1) is 13.0 Å². The number of ether oxygens (including phenoxy) is 1. The minimum atomic E-state index is -1.24. The molecule has 0 aliphatic heterocycles. The average molecular weight is 242 g/mol. The Morgan fingerprint density at radius 1 is 1.47 bits per heavy atom. The molecular weight excluding hydrogens is 228 g/mol. The van der Waals surface area contributed by atoms with Crippen LogP contribution in [0, 0.1) is 0 Å². The van der Waals surface area contributed by atoms with Crippen LogP contribution in [0.1, 0.15) is 13.3 Å². The normalized spacial score (nSPS) is 9.94. The molecule has 0 heterocycles. The fourth-order valence-electron chi connectivity index (χ4n) is 0.787. The number of esters is 1. The van der Waals surface area contributed by atoms with Gasteiger partial charge in [0.25, 0.3) is 0 Å². The van der Waals surface area contributed by atoms with Gasteiger partial charge in [-0.2, -0.15) is 0 Å². The molecule has 7 heteroatoms. The van der Waals surface area contributed by atoms with E-state index in [2.05, 4.69) is 21.6 Å². The molecule has 94 valence electrons. The van der Waals surface area contributed by atoms with E-state index in [-0.39, 0.29) is 25.1 Å². The van der Waals surface area contributed by atoms with Crippen molar-refractivity contribution in [3.63, 3.8) is 0 Å². The minimum absolute atomic E-state index is 0.0449. The van der Waals surface area contributed by atoms with Gasteiger partial charge in [0, 0.05) is 11.8 Å². The first-order chi connectivity index (χ1) is 7.97. The Labute approximate surface area is 98.2 Å². The Morgan fingerprint density at radius 2 is 2.12 bits per heavy atom. The maximum absolute atomic E-state index is 11.0. The van der Waals surface area contributed by atoms with E-state index < -0.39 is 18.0 Å². The van der Waals surface area contributed by atoms with Crippen molar-refractivity contribution in [2.24, 2.45) is 4.99 Å². The Morgan fingerprint density at radius 3 is 2.65 bits per heavy atom. The van der Waals surface area contributed by atoms with E-state index in [9.17, 15) is 14.4 Å². The highest BCUT2D eigenvalue weighted by atomic mass is 16.5. The summed E-state index contributed by atoms with van der Waals surface area (Å²) in [6.07, 6.45) is 0.953. The number of nitrogens with zero attached hydrogens (tertiary/aromatic N) is 1. The van der Waals surface area contributed by atoms with Gasteiger partial charge >= 0.3 is 18.0 Å². The van der Waals surface area contributed by atoms with E-state index in [4.69, 9.17) is 5.11 Å². The molecule has 17 heavy (non-hydrogen) atoms. The molecule has 0 rings (SSSR count). The second kappa shape index (κ2) is 8.03. The number of urea groups is 1. The summed E-state index contributed by atoms with van der Waals surface area (Å²) in [6.45, 7) is 4.85. The van der Waals surface area contributed by atoms with Crippen LogP contribution in [-0.4, -0.2) is 42.4 Å². The fourth-order valence-corrected chi connectivity index (χ4v) is 0.787. The maximum atomic E-state index is 11.0. The average Bonchev–Trinajstić information content (AvgIpc) is 2.24. The van der Waals surface area contributed by atoms with Crippen molar-refractivity contribution in [2.75, 3.05) is 13.2 Å². The molecule has 0 saturated carbocycles. The molecule has 0 aliphatic carbocycles. The third-order valence-corrected chi connectivity index (χ3v) is 1.55. The predicted octanol–water partition coefficient (Wildman–Crippen LogP) is 0.361. The van der Waals surface area contributed by atoms with Crippen molar-refractivity contribution < 1.29 is 24.2 Å². The number of carbonyl (C=O) groups excluding carboxylic acids is 2. The number of aliphatic carboxylic acids is 1. The van der Waals surface area contributed by atoms with Gasteiger partial charge in [0.2, 0.25) is 0 Å². The van der Waals surface area contributed by atoms with Crippen molar-refractivity contribution in [1.29, 1.82) is 0 Å². The predicted molar refractivity (Wildman–Crippen MR) is 59.9 cm³/mol. The Kier molecular flexibility index (Phi) is 7.00. The van der Waals surface area contributed by atoms with Crippen molar-refractivity contribution >= 4 is 24.2 Å². The van der Waals surface area contributed by atoms with Crippen LogP contribution in [0.2, 0.25) is 0 Å². The summed E-state index contributed by atoms with van der Waals surface area (Å²) in [6, 6.07) is -0.529. The zero-order chi connectivity index (χ0) is 13.3. The first-order valence-corrected chi connectivity index (χ1v) is 4.80. The van der Waals surface area contributed by atoms with E-state index in [1.54, 1.807) is 6.92 Å². The van der Waals surface area contributed by atoms with Crippen LogP contribution in [0.15, 0.2) is 17.1 Å². The van der Waals surface area contributed by atoms with E-state index in [1.807, 2.05) is 0 Å². The summed E-state index contributed by atoms with van der Waals surface area (Å²) in [7, 11) is 0. The lowest BCUT2D eigenvalue weighted by molar-refractivity contribution is -0.144. The van der Waals surface area contributed by atoms with Crippen molar-refractivity contribution in [3.05, 3.63) is 12.2 Å². The van der Waals surface area contributed by atoms with Crippen LogP contribution >= 0.6 is 0 Å². The molecule has 0 aliphatic rings. The van der Waals surface area contributed by atoms with Gasteiger partial charge in [-0.15, -0.1) is 0 Å². The number of carbonyl (C=O) groups is 3. The molecule has 0 saturated heterocycles. The summed E-state index contributed by atoms with van der Waals surface area (Å²) in [5, 5.41) is 10.8. The number of carboxylic acid groups (broad SMARTS) is 1. The maximum Gasteiger partial charge on any atom is 0.340 e. The molecule has 2 amide bonds. The van der Waals surface area contributed by atoms with Gasteiger partial charge in [0.1, 0.15) is 6.61 Å². The lowest BCUT2D eigenvalue weighted by Gasteiger charge is -2.04. The number of hydrogen-bond donors (Lipinski definition) is 2. The minimum Gasteiger partial charge on any atom is -0.478 e. The van der Waals surface area contributed by atoms with Gasteiger partial charge in [-0.05, 0) is 6.92 Å². The SMILES string of the molecule is C=C(CC(=O)OCCNC(=O)N=CC)C(=O)O. The van der Waals surface area contributed by atoms with Crippen LogP contribution in [0.4, 0.5) is 4.79 Å². The lowest BCUT2D eigenvalue weighted by Crippen LogP contribution is -2.25. The highest BCUT2D eigenvalue weighted by molar-refractivity contribution is 5.91. The molecule has 0 aromatic rings. The number of rotatable bonds is 6. The number of amides is 2. The highest BCUT2D eigenvalue weighted by Gasteiger charge is 2.11. The third-order valence-electron chi connectivity index (χ3n) is 1.55. The quantitative estimate of drug-likeness (QED) is 0.303. The number of nitrogens with one attached hydrogen (secondary N) is 1. The van der Waals surface area contributed by atoms with E-state index in [1.165, 1.54) is 6.21 Å². The summed E-state index contributed by atoms with van der Waals surface area (Å²) in [5.41, 5.74) is -0.241. The van der Waals surface area contributed by atoms with Gasteiger partial charge in [0.15, 0.2) is 0 Å². The molecule has 0 atom stereocenters. The summed E-state index contributed by atoms with van der Waals surface area (Å²) < 4.78 is 4.66. The standard InChI is InChI=1S/C10H14N2O5/c1-3-11-10(16)12-4-5-17-8(13)6-7(2)9(14)15/h3H,2,4-6H2,1H3,(H,12,16)(H,14,15). The van der Waals surface area contributed by atoms with Crippen molar-refractivity contribution in [2.45, 2.75) is 13.3 Å². The summed E-state index contributed by atoms with van der Waals surface area (Å²) in [4.78, 5) is 35.6. The van der Waals surface area contributed by atoms with Gasteiger partial charge in [-0.25, -0.2) is 14.6 Å². The van der Waals surface area contributed by atoms with Gasteiger partial charge in [-0.1, -0.05) is 6.58 Å². The molecular formula is C10H14N2O5. The van der Waals surface area contributed by atoms with E-state index in [0.717, 1.165) is 0 Å². The second-order valence-electron chi connectivity index (χ2n) is 2.93. The fraction of sp³-hybridized carbons (Fsp3) is 0.400. The molecule has 0 radical (unpaired) electrons. The second-order valence-corrected chi connectivity index (χ2v) is 2.93. The summed E-state index contributed by atoms with van der Waals surface area (Å²) in [5.74, 6) is -1.95. The zero-order valence-electron chi connectivity index (χ0n) is 9.43. The molecule has 7 nitrogen and oxygen atoms in total. The smallest absolute Gasteiger partial charge is 0.340 e. The molecule has 0 spiro atoms. The number of hydrogen-bond acceptors (Lipinski definition) is 4. The molecule has 2 N–H and O–H groups in total. The van der Waals surface area contributed by atoms with Crippen molar-refractivity contribution in [3.8, 4) is 0 Å². The zero-order valence-corrected chi connectivity index (χ0v) is 9.43. The number of aliphatic imine (C=N–C) groups is 1. The molecule has 0 unspecified atom stereocenters. The van der Waals surface area contributed by atoms with E-state index in [0.29, 0.717) is 0 Å². The van der Waals surface area contributed by atoms with Crippen LogP contribution in [0.25, 0.3) is 0 Å².